The standard InChI is InChI=1S/C43H38N6O3S/c1-43(2,3)52-41(51)39-33(32-24-44-49(26-32)25-28-11-9-15-31(23-28)29-12-5-4-6-13-29)19-20-38(46-39)48-22-21-30-14-10-16-34(35(30)27-48)40(50)47-42-45-36-17-7-8-18-37(36)53-42/h4-20,23-24,26H,21-22,25,27H2,1-3H3,(H,45,47,50). The zero-order chi connectivity index (χ0) is 36.5. The third-order valence-corrected chi connectivity index (χ3v) is 10.1. The average molecular weight is 719 g/mol. The Morgan fingerprint density at radius 1 is 0.849 bits per heavy atom. The molecule has 1 amide bonds. The Balaban J connectivity index is 1.06. The number of hydrogen-bond donors (Lipinski definition) is 1. The minimum atomic E-state index is -0.713. The van der Waals surface area contributed by atoms with Crippen LogP contribution < -0.4 is 10.2 Å². The van der Waals surface area contributed by atoms with Crippen LogP contribution in [-0.2, 0) is 24.2 Å². The van der Waals surface area contributed by atoms with Crippen molar-refractivity contribution in [3.05, 3.63) is 150 Å². The van der Waals surface area contributed by atoms with E-state index in [1.54, 1.807) is 6.20 Å². The van der Waals surface area contributed by atoms with Gasteiger partial charge in [0.05, 0.1) is 23.0 Å². The molecule has 10 heteroatoms. The van der Waals surface area contributed by atoms with Gasteiger partial charge in [-0.25, -0.2) is 14.8 Å². The first-order chi connectivity index (χ1) is 25.7. The van der Waals surface area contributed by atoms with Crippen LogP contribution in [0.1, 0.15) is 58.3 Å². The van der Waals surface area contributed by atoms with E-state index >= 15 is 0 Å². The molecule has 0 saturated heterocycles. The summed E-state index contributed by atoms with van der Waals surface area (Å²) < 4.78 is 8.75. The number of nitrogens with one attached hydrogen (secondary N) is 1. The number of pyridine rings is 1. The molecule has 1 aliphatic rings. The van der Waals surface area contributed by atoms with Crippen molar-refractivity contribution in [1.82, 2.24) is 19.7 Å². The second-order valence-corrected chi connectivity index (χ2v) is 15.1. The highest BCUT2D eigenvalue weighted by atomic mass is 32.1. The predicted octanol–water partition coefficient (Wildman–Crippen LogP) is 9.04. The fourth-order valence-electron chi connectivity index (χ4n) is 6.68. The largest absolute Gasteiger partial charge is 0.455 e. The second kappa shape index (κ2) is 14.1. The van der Waals surface area contributed by atoms with Crippen molar-refractivity contribution in [3.63, 3.8) is 0 Å². The first-order valence-electron chi connectivity index (χ1n) is 17.6. The van der Waals surface area contributed by atoms with Gasteiger partial charge in [0.25, 0.3) is 5.91 Å². The monoisotopic (exact) mass is 718 g/mol. The molecule has 0 fully saturated rings. The molecule has 4 aromatic carbocycles. The molecule has 0 atom stereocenters. The van der Waals surface area contributed by atoms with Gasteiger partial charge in [0.15, 0.2) is 10.8 Å². The van der Waals surface area contributed by atoms with Crippen molar-refractivity contribution >= 4 is 44.4 Å². The highest BCUT2D eigenvalue weighted by molar-refractivity contribution is 7.22. The summed E-state index contributed by atoms with van der Waals surface area (Å²) in [4.78, 5) is 39.0. The van der Waals surface area contributed by atoms with Gasteiger partial charge in [-0.15, -0.1) is 0 Å². The SMILES string of the molecule is CC(C)(C)OC(=O)c1nc(N2CCc3cccc(C(=O)Nc4nc5ccccc5s4)c3C2)ccc1-c1cnn(Cc2cccc(-c3ccccc3)c2)c1. The highest BCUT2D eigenvalue weighted by Gasteiger charge is 2.27. The molecule has 1 aliphatic heterocycles. The van der Waals surface area contributed by atoms with Gasteiger partial charge in [0.1, 0.15) is 11.4 Å². The lowest BCUT2D eigenvalue weighted by Gasteiger charge is -2.31. The zero-order valence-corrected chi connectivity index (χ0v) is 30.6. The second-order valence-electron chi connectivity index (χ2n) is 14.1. The molecular weight excluding hydrogens is 681 g/mol. The minimum Gasteiger partial charge on any atom is -0.455 e. The third kappa shape index (κ3) is 7.45. The summed E-state index contributed by atoms with van der Waals surface area (Å²) in [6.45, 7) is 7.24. The van der Waals surface area contributed by atoms with Crippen molar-refractivity contribution < 1.29 is 14.3 Å². The topological polar surface area (TPSA) is 102 Å². The molecule has 0 radical (unpaired) electrons. The van der Waals surface area contributed by atoms with E-state index in [1.807, 2.05) is 98.4 Å². The number of ether oxygens (including phenoxy) is 1. The van der Waals surface area contributed by atoms with Gasteiger partial charge in [-0.1, -0.05) is 84.1 Å². The summed E-state index contributed by atoms with van der Waals surface area (Å²) >= 11 is 1.45. The normalized spacial score (nSPS) is 12.8. The number of para-hydroxylation sites is 1. The summed E-state index contributed by atoms with van der Waals surface area (Å²) in [5.74, 6) is -0.0814. The number of carbonyl (C=O) groups is 2. The van der Waals surface area contributed by atoms with Crippen LogP contribution in [-0.4, -0.2) is 43.8 Å². The highest BCUT2D eigenvalue weighted by Crippen LogP contribution is 2.32. The molecule has 53 heavy (non-hydrogen) atoms. The third-order valence-electron chi connectivity index (χ3n) is 9.15. The molecule has 7 aromatic rings. The van der Waals surface area contributed by atoms with Crippen LogP contribution in [0.3, 0.4) is 0 Å². The first-order valence-corrected chi connectivity index (χ1v) is 18.4. The van der Waals surface area contributed by atoms with Crippen molar-refractivity contribution in [2.24, 2.45) is 0 Å². The molecule has 0 unspecified atom stereocenters. The van der Waals surface area contributed by atoms with Gasteiger partial charge < -0.3 is 9.64 Å². The van der Waals surface area contributed by atoms with Crippen LogP contribution in [0, 0.1) is 0 Å². The van der Waals surface area contributed by atoms with Crippen molar-refractivity contribution in [1.29, 1.82) is 0 Å². The lowest BCUT2D eigenvalue weighted by molar-refractivity contribution is 0.00638. The Morgan fingerprint density at radius 3 is 2.47 bits per heavy atom. The van der Waals surface area contributed by atoms with Gasteiger partial charge in [0, 0.05) is 36.0 Å². The van der Waals surface area contributed by atoms with Crippen LogP contribution in [0.2, 0.25) is 0 Å². The van der Waals surface area contributed by atoms with Crippen molar-refractivity contribution in [2.45, 2.75) is 45.9 Å². The Labute approximate surface area is 311 Å². The molecule has 3 aromatic heterocycles. The van der Waals surface area contributed by atoms with E-state index in [0.29, 0.717) is 41.7 Å². The first kappa shape index (κ1) is 34.0. The summed E-state index contributed by atoms with van der Waals surface area (Å²) in [6.07, 6.45) is 4.42. The lowest BCUT2D eigenvalue weighted by atomic mass is 9.94. The van der Waals surface area contributed by atoms with Crippen LogP contribution in [0.4, 0.5) is 10.9 Å². The number of benzene rings is 4. The Kier molecular flexibility index (Phi) is 9.05. The molecule has 9 nitrogen and oxygen atoms in total. The lowest BCUT2D eigenvalue weighted by Crippen LogP contribution is -2.33. The Hall–Kier alpha value is -6.13. The predicted molar refractivity (Wildman–Crippen MR) is 210 cm³/mol. The average Bonchev–Trinajstić information content (AvgIpc) is 3.80. The molecule has 4 heterocycles. The van der Waals surface area contributed by atoms with E-state index < -0.39 is 11.6 Å². The van der Waals surface area contributed by atoms with E-state index in [-0.39, 0.29) is 11.6 Å². The number of aromatic nitrogens is 4. The maximum atomic E-state index is 13.8. The number of hydrogen-bond acceptors (Lipinski definition) is 8. The summed E-state index contributed by atoms with van der Waals surface area (Å²) in [5, 5.41) is 8.23. The molecule has 0 bridgehead atoms. The van der Waals surface area contributed by atoms with Gasteiger partial charge in [0.2, 0.25) is 0 Å². The number of esters is 1. The van der Waals surface area contributed by atoms with Crippen LogP contribution in [0.15, 0.2) is 122 Å². The molecule has 0 saturated carbocycles. The van der Waals surface area contributed by atoms with Gasteiger partial charge >= 0.3 is 5.97 Å². The molecule has 0 aliphatic carbocycles. The molecule has 8 rings (SSSR count). The van der Waals surface area contributed by atoms with E-state index in [1.165, 1.54) is 11.3 Å². The van der Waals surface area contributed by atoms with E-state index in [4.69, 9.17) is 9.72 Å². The maximum Gasteiger partial charge on any atom is 0.358 e. The number of carbonyl (C=O) groups excluding carboxylic acids is 2. The van der Waals surface area contributed by atoms with Crippen molar-refractivity contribution in [3.8, 4) is 22.3 Å². The van der Waals surface area contributed by atoms with E-state index in [2.05, 4.69) is 62.8 Å². The van der Waals surface area contributed by atoms with Gasteiger partial charge in [-0.3, -0.25) is 14.8 Å². The fourth-order valence-corrected chi connectivity index (χ4v) is 7.54. The number of rotatable bonds is 8. The molecule has 1 N–H and O–H groups in total. The van der Waals surface area contributed by atoms with E-state index in [9.17, 15) is 9.59 Å². The van der Waals surface area contributed by atoms with Crippen molar-refractivity contribution in [2.75, 3.05) is 16.8 Å². The Morgan fingerprint density at radius 2 is 1.64 bits per heavy atom. The number of amides is 1. The zero-order valence-electron chi connectivity index (χ0n) is 29.7. The van der Waals surface area contributed by atoms with Gasteiger partial charge in [-0.05, 0) is 91.4 Å². The maximum absolute atomic E-state index is 13.8. The van der Waals surface area contributed by atoms with Gasteiger partial charge in [-0.2, -0.15) is 5.10 Å². The van der Waals surface area contributed by atoms with E-state index in [0.717, 1.165) is 50.0 Å². The number of nitrogens with zero attached hydrogens (tertiary/aromatic N) is 5. The number of anilines is 2. The van der Waals surface area contributed by atoms with Crippen LogP contribution >= 0.6 is 11.3 Å². The summed E-state index contributed by atoms with van der Waals surface area (Å²) in [7, 11) is 0. The fraction of sp³-hybridized carbons (Fsp3) is 0.186. The quantitative estimate of drug-likeness (QED) is 0.157. The summed E-state index contributed by atoms with van der Waals surface area (Å²) in [5.41, 5.74) is 7.81. The molecule has 0 spiro atoms. The minimum absolute atomic E-state index is 0.204. The van der Waals surface area contributed by atoms with Crippen LogP contribution in [0.5, 0.6) is 0 Å². The number of thiazole rings is 1. The molecular formula is C43H38N6O3S. The smallest absolute Gasteiger partial charge is 0.358 e. The molecule has 264 valence electrons. The number of fused-ring (bicyclic) bond motifs is 2. The Bertz CT molecular complexity index is 2430. The summed E-state index contributed by atoms with van der Waals surface area (Å²) in [6, 6.07) is 36.2. The van der Waals surface area contributed by atoms with Crippen LogP contribution in [0.25, 0.3) is 32.5 Å².